The van der Waals surface area contributed by atoms with E-state index >= 15 is 0 Å². The Bertz CT molecular complexity index is 213. The lowest BCUT2D eigenvalue weighted by atomic mass is 10.1. The van der Waals surface area contributed by atoms with Gasteiger partial charge in [-0.2, -0.15) is 0 Å². The Morgan fingerprint density at radius 3 is 3.08 bits per heavy atom. The first-order valence-electron chi connectivity index (χ1n) is 3.94. The van der Waals surface area contributed by atoms with E-state index in [9.17, 15) is 5.11 Å². The number of aromatic nitrogens is 1. The third-order valence-corrected chi connectivity index (χ3v) is 1.63. The van der Waals surface area contributed by atoms with Gasteiger partial charge in [0.15, 0.2) is 0 Å². The van der Waals surface area contributed by atoms with Crippen molar-refractivity contribution < 1.29 is 5.11 Å². The van der Waals surface area contributed by atoms with Crippen molar-refractivity contribution >= 4 is 0 Å². The van der Waals surface area contributed by atoms with Crippen LogP contribution in [0, 0.1) is 6.42 Å². The highest BCUT2D eigenvalue weighted by Gasteiger charge is 2.05. The maximum Gasteiger partial charge on any atom is 0.0808 e. The van der Waals surface area contributed by atoms with Crippen molar-refractivity contribution in [1.82, 2.24) is 4.98 Å². The molecular formula is C9H13N2O. The van der Waals surface area contributed by atoms with Crippen molar-refractivity contribution in [1.29, 1.82) is 0 Å². The van der Waals surface area contributed by atoms with Gasteiger partial charge >= 0.3 is 0 Å². The quantitative estimate of drug-likeness (QED) is 0.689. The van der Waals surface area contributed by atoms with E-state index < -0.39 is 6.10 Å². The fraction of sp³-hybridized carbons (Fsp3) is 0.333. The van der Waals surface area contributed by atoms with Gasteiger partial charge in [-0.25, -0.2) is 0 Å². The second kappa shape index (κ2) is 4.85. The minimum atomic E-state index is -0.470. The first kappa shape index (κ1) is 9.16. The second-order valence-corrected chi connectivity index (χ2v) is 2.56. The van der Waals surface area contributed by atoms with Crippen molar-refractivity contribution in [2.45, 2.75) is 12.5 Å². The van der Waals surface area contributed by atoms with Gasteiger partial charge < -0.3 is 10.8 Å². The van der Waals surface area contributed by atoms with E-state index in [-0.39, 0.29) is 0 Å². The molecule has 3 N–H and O–H groups in total. The van der Waals surface area contributed by atoms with Crippen LogP contribution in [0.5, 0.6) is 0 Å². The maximum absolute atomic E-state index is 9.52. The van der Waals surface area contributed by atoms with Crippen LogP contribution in [-0.2, 0) is 0 Å². The molecule has 1 aromatic heterocycles. The smallest absolute Gasteiger partial charge is 0.0808 e. The monoisotopic (exact) mass is 165 g/mol. The number of aliphatic hydroxyl groups excluding tert-OH is 1. The SMILES string of the molecule is NC[CH]CC(O)c1cccnc1. The summed E-state index contributed by atoms with van der Waals surface area (Å²) in [6.07, 6.45) is 5.31. The van der Waals surface area contributed by atoms with Gasteiger partial charge in [-0.15, -0.1) is 0 Å². The van der Waals surface area contributed by atoms with Crippen molar-refractivity contribution in [3.63, 3.8) is 0 Å². The molecule has 0 saturated heterocycles. The van der Waals surface area contributed by atoms with E-state index in [4.69, 9.17) is 5.73 Å². The zero-order chi connectivity index (χ0) is 8.81. The summed E-state index contributed by atoms with van der Waals surface area (Å²) in [5.41, 5.74) is 6.11. The Morgan fingerprint density at radius 1 is 1.67 bits per heavy atom. The molecule has 1 atom stereocenters. The second-order valence-electron chi connectivity index (χ2n) is 2.56. The molecule has 1 heterocycles. The zero-order valence-electron chi connectivity index (χ0n) is 6.85. The predicted octanol–water partition coefficient (Wildman–Crippen LogP) is 0.668. The van der Waals surface area contributed by atoms with Crippen molar-refractivity contribution in [3.8, 4) is 0 Å². The fourth-order valence-electron chi connectivity index (χ4n) is 0.963. The highest BCUT2D eigenvalue weighted by molar-refractivity contribution is 5.12. The molecule has 0 fully saturated rings. The molecule has 0 spiro atoms. The molecule has 12 heavy (non-hydrogen) atoms. The summed E-state index contributed by atoms with van der Waals surface area (Å²) in [6, 6.07) is 3.66. The third kappa shape index (κ3) is 2.60. The summed E-state index contributed by atoms with van der Waals surface area (Å²) in [6.45, 7) is 0.497. The minimum absolute atomic E-state index is 0.470. The fourth-order valence-corrected chi connectivity index (χ4v) is 0.963. The number of nitrogens with two attached hydrogens (primary N) is 1. The first-order chi connectivity index (χ1) is 5.84. The van der Waals surface area contributed by atoms with Crippen LogP contribution in [0.25, 0.3) is 0 Å². The van der Waals surface area contributed by atoms with Gasteiger partial charge in [0.2, 0.25) is 0 Å². The van der Waals surface area contributed by atoms with Gasteiger partial charge in [0.05, 0.1) is 6.10 Å². The standard InChI is InChI=1S/C9H13N2O/c10-5-1-4-9(12)8-3-2-6-11-7-8/h1-3,6-7,9,12H,4-5,10H2. The Labute approximate surface area is 72.2 Å². The average Bonchev–Trinajstić information content (AvgIpc) is 2.15. The summed E-state index contributed by atoms with van der Waals surface area (Å²) >= 11 is 0. The summed E-state index contributed by atoms with van der Waals surface area (Å²) in [4.78, 5) is 3.91. The Hall–Kier alpha value is -0.930. The highest BCUT2D eigenvalue weighted by Crippen LogP contribution is 2.15. The van der Waals surface area contributed by atoms with Crippen LogP contribution in [-0.4, -0.2) is 16.6 Å². The Morgan fingerprint density at radius 2 is 2.50 bits per heavy atom. The zero-order valence-corrected chi connectivity index (χ0v) is 6.85. The van der Waals surface area contributed by atoms with E-state index in [0.29, 0.717) is 13.0 Å². The molecular weight excluding hydrogens is 152 g/mol. The number of nitrogens with zero attached hydrogens (tertiary/aromatic N) is 1. The number of hydrogen-bond donors (Lipinski definition) is 2. The number of rotatable bonds is 4. The minimum Gasteiger partial charge on any atom is -0.388 e. The number of hydrogen-bond acceptors (Lipinski definition) is 3. The third-order valence-electron chi connectivity index (χ3n) is 1.63. The van der Waals surface area contributed by atoms with E-state index in [1.807, 2.05) is 12.5 Å². The lowest BCUT2D eigenvalue weighted by Crippen LogP contribution is -2.04. The van der Waals surface area contributed by atoms with Crippen LogP contribution in [0.15, 0.2) is 24.5 Å². The summed E-state index contributed by atoms with van der Waals surface area (Å²) < 4.78 is 0. The molecule has 1 unspecified atom stereocenters. The molecule has 0 aliphatic carbocycles. The van der Waals surface area contributed by atoms with Gasteiger partial charge in [0.1, 0.15) is 0 Å². The van der Waals surface area contributed by atoms with E-state index in [1.54, 1.807) is 18.5 Å². The maximum atomic E-state index is 9.52. The molecule has 1 rings (SSSR count). The number of pyridine rings is 1. The normalized spacial score (nSPS) is 12.8. The summed E-state index contributed by atoms with van der Waals surface area (Å²) in [5.74, 6) is 0. The van der Waals surface area contributed by atoms with Crippen molar-refractivity contribution in [2.24, 2.45) is 5.73 Å². The molecule has 0 amide bonds. The van der Waals surface area contributed by atoms with E-state index in [1.165, 1.54) is 0 Å². The van der Waals surface area contributed by atoms with Crippen LogP contribution in [0.4, 0.5) is 0 Å². The molecule has 1 aromatic rings. The van der Waals surface area contributed by atoms with Gasteiger partial charge in [0.25, 0.3) is 0 Å². The molecule has 3 heteroatoms. The molecule has 3 nitrogen and oxygen atoms in total. The largest absolute Gasteiger partial charge is 0.388 e. The molecule has 0 aliphatic heterocycles. The van der Waals surface area contributed by atoms with Crippen LogP contribution >= 0.6 is 0 Å². The molecule has 1 radical (unpaired) electrons. The van der Waals surface area contributed by atoms with Crippen molar-refractivity contribution in [3.05, 3.63) is 36.5 Å². The lowest BCUT2D eigenvalue weighted by molar-refractivity contribution is 0.176. The lowest BCUT2D eigenvalue weighted by Gasteiger charge is -2.08. The highest BCUT2D eigenvalue weighted by atomic mass is 16.3. The topological polar surface area (TPSA) is 59.1 Å². The predicted molar refractivity (Wildman–Crippen MR) is 47.2 cm³/mol. The summed E-state index contributed by atoms with van der Waals surface area (Å²) in [7, 11) is 0. The van der Waals surface area contributed by atoms with Crippen molar-refractivity contribution in [2.75, 3.05) is 6.54 Å². The van der Waals surface area contributed by atoms with Crippen LogP contribution in [0.2, 0.25) is 0 Å². The molecule has 0 bridgehead atoms. The van der Waals surface area contributed by atoms with E-state index in [0.717, 1.165) is 5.56 Å². The molecule has 0 saturated carbocycles. The average molecular weight is 165 g/mol. The van der Waals surface area contributed by atoms with Crippen LogP contribution in [0.3, 0.4) is 0 Å². The van der Waals surface area contributed by atoms with Gasteiger partial charge in [-0.3, -0.25) is 4.98 Å². The molecule has 0 aliphatic rings. The molecule has 0 aromatic carbocycles. The Balaban J connectivity index is 2.48. The van der Waals surface area contributed by atoms with Gasteiger partial charge in [-0.1, -0.05) is 6.07 Å². The number of aliphatic hydroxyl groups is 1. The van der Waals surface area contributed by atoms with Crippen LogP contribution < -0.4 is 5.73 Å². The first-order valence-corrected chi connectivity index (χ1v) is 3.94. The molecule has 65 valence electrons. The summed E-state index contributed by atoms with van der Waals surface area (Å²) in [5, 5.41) is 9.52. The van der Waals surface area contributed by atoms with Crippen LogP contribution in [0.1, 0.15) is 18.1 Å². The Kier molecular flexibility index (Phi) is 3.70. The van der Waals surface area contributed by atoms with Gasteiger partial charge in [0, 0.05) is 12.4 Å². The van der Waals surface area contributed by atoms with E-state index in [2.05, 4.69) is 4.98 Å². The van der Waals surface area contributed by atoms with Gasteiger partial charge in [-0.05, 0) is 31.0 Å².